The van der Waals surface area contributed by atoms with Gasteiger partial charge in [0, 0.05) is 38.7 Å². The van der Waals surface area contributed by atoms with E-state index in [-0.39, 0.29) is 0 Å². The topological polar surface area (TPSA) is 35.6 Å². The summed E-state index contributed by atoms with van der Waals surface area (Å²) >= 11 is 0. The predicted octanol–water partition coefficient (Wildman–Crippen LogP) is 11.7. The third kappa shape index (κ3) is 4.46. The molecule has 0 spiro atoms. The van der Waals surface area contributed by atoms with Gasteiger partial charge in [0.05, 0.1) is 27.8 Å². The average molecular weight is 639 g/mol. The summed E-state index contributed by atoms with van der Waals surface area (Å²) in [5.41, 5.74) is 12.8. The van der Waals surface area contributed by atoms with Crippen molar-refractivity contribution in [2.24, 2.45) is 0 Å². The summed E-state index contributed by atoms with van der Waals surface area (Å²) in [6, 6.07) is 64.2. The van der Waals surface area contributed by atoms with Gasteiger partial charge in [0.2, 0.25) is 0 Å². The van der Waals surface area contributed by atoms with Crippen LogP contribution in [0.2, 0.25) is 0 Å². The molecule has 234 valence electrons. The van der Waals surface area contributed by atoms with Crippen LogP contribution < -0.4 is 0 Å². The van der Waals surface area contributed by atoms with Crippen LogP contribution in [0.3, 0.4) is 0 Å². The maximum Gasteiger partial charge on any atom is 0.160 e. The maximum atomic E-state index is 5.47. The van der Waals surface area contributed by atoms with Crippen molar-refractivity contribution in [2.75, 3.05) is 0 Å². The molecule has 0 aliphatic carbocycles. The minimum Gasteiger partial charge on any atom is -0.309 e. The van der Waals surface area contributed by atoms with E-state index in [9.17, 15) is 0 Å². The van der Waals surface area contributed by atoms with Gasteiger partial charge in [0.1, 0.15) is 5.52 Å². The van der Waals surface area contributed by atoms with Gasteiger partial charge in [0.15, 0.2) is 5.82 Å². The van der Waals surface area contributed by atoms with E-state index in [2.05, 4.69) is 191 Å². The van der Waals surface area contributed by atoms with E-state index in [1.807, 2.05) is 0 Å². The van der Waals surface area contributed by atoms with Gasteiger partial charge in [-0.05, 0) is 71.8 Å². The Kier molecular flexibility index (Phi) is 6.46. The second kappa shape index (κ2) is 11.4. The highest BCUT2D eigenvalue weighted by atomic mass is 15.0. The molecular formula is C46H30N4. The minimum absolute atomic E-state index is 0.701. The lowest BCUT2D eigenvalue weighted by atomic mass is 10.0. The van der Waals surface area contributed by atoms with Crippen LogP contribution in [-0.2, 0) is 0 Å². The summed E-state index contributed by atoms with van der Waals surface area (Å²) in [5.74, 6) is 0.701. The summed E-state index contributed by atoms with van der Waals surface area (Å²) < 4.78 is 4.65. The molecule has 10 rings (SSSR count). The molecule has 50 heavy (non-hydrogen) atoms. The van der Waals surface area contributed by atoms with E-state index >= 15 is 0 Å². The van der Waals surface area contributed by atoms with Crippen LogP contribution in [0.5, 0.6) is 0 Å². The lowest BCUT2D eigenvalue weighted by Gasteiger charge is -2.13. The smallest absolute Gasteiger partial charge is 0.160 e. The van der Waals surface area contributed by atoms with Crippen molar-refractivity contribution >= 4 is 43.7 Å². The van der Waals surface area contributed by atoms with Gasteiger partial charge < -0.3 is 9.13 Å². The van der Waals surface area contributed by atoms with E-state index in [4.69, 9.17) is 9.97 Å². The Morgan fingerprint density at radius 2 is 0.900 bits per heavy atom. The number of nitrogens with zero attached hydrogens (tertiary/aromatic N) is 4. The first kappa shape index (κ1) is 28.3. The molecule has 4 nitrogen and oxygen atoms in total. The predicted molar refractivity (Wildman–Crippen MR) is 207 cm³/mol. The third-order valence-corrected chi connectivity index (χ3v) is 9.71. The lowest BCUT2D eigenvalue weighted by Crippen LogP contribution is -2.00. The molecule has 0 atom stereocenters. The van der Waals surface area contributed by atoms with Crippen molar-refractivity contribution < 1.29 is 0 Å². The SMILES string of the molecule is c1ccc(-c2cccc(-c3nc(-c4ccc5c(c4)c4ccccc4n5-c4ccccc4)nc4c5ccccc5n(-c5ccccc5)c34)c2)cc1. The molecule has 0 fully saturated rings. The van der Waals surface area contributed by atoms with Crippen molar-refractivity contribution in [3.8, 4) is 45.1 Å². The highest BCUT2D eigenvalue weighted by Crippen LogP contribution is 2.40. The van der Waals surface area contributed by atoms with E-state index in [0.717, 1.165) is 61.2 Å². The number of rotatable bonds is 5. The Morgan fingerprint density at radius 1 is 0.340 bits per heavy atom. The highest BCUT2D eigenvalue weighted by Gasteiger charge is 2.22. The van der Waals surface area contributed by atoms with E-state index in [1.54, 1.807) is 0 Å². The molecule has 7 aromatic carbocycles. The molecular weight excluding hydrogens is 609 g/mol. The van der Waals surface area contributed by atoms with E-state index in [0.29, 0.717) is 5.82 Å². The molecule has 3 aromatic heterocycles. The van der Waals surface area contributed by atoms with Crippen molar-refractivity contribution in [3.05, 3.63) is 182 Å². The molecule has 0 N–H and O–H groups in total. The summed E-state index contributed by atoms with van der Waals surface area (Å²) in [6.45, 7) is 0. The van der Waals surface area contributed by atoms with Crippen molar-refractivity contribution in [3.63, 3.8) is 0 Å². The number of para-hydroxylation sites is 4. The lowest BCUT2D eigenvalue weighted by molar-refractivity contribution is 1.15. The molecule has 0 bridgehead atoms. The molecule has 4 heteroatoms. The summed E-state index contributed by atoms with van der Waals surface area (Å²) in [7, 11) is 0. The summed E-state index contributed by atoms with van der Waals surface area (Å²) in [4.78, 5) is 10.9. The zero-order valence-corrected chi connectivity index (χ0v) is 27.1. The van der Waals surface area contributed by atoms with Crippen molar-refractivity contribution in [1.29, 1.82) is 0 Å². The maximum absolute atomic E-state index is 5.47. The normalized spacial score (nSPS) is 11.6. The van der Waals surface area contributed by atoms with Gasteiger partial charge >= 0.3 is 0 Å². The molecule has 3 heterocycles. The van der Waals surface area contributed by atoms with Gasteiger partial charge in [-0.1, -0.05) is 121 Å². The van der Waals surface area contributed by atoms with Crippen molar-refractivity contribution in [1.82, 2.24) is 19.1 Å². The molecule has 0 saturated heterocycles. The Bertz CT molecular complexity index is 2850. The van der Waals surface area contributed by atoms with Gasteiger partial charge in [-0.2, -0.15) is 0 Å². The zero-order chi connectivity index (χ0) is 33.0. The third-order valence-electron chi connectivity index (χ3n) is 9.71. The average Bonchev–Trinajstić information content (AvgIpc) is 3.71. The molecule has 0 radical (unpaired) electrons. The molecule has 0 aliphatic heterocycles. The standard InChI is InChI=1S/C46H30N4/c1-4-15-31(16-5-1)32-17-14-18-33(29-32)43-45-44(38-24-11-13-26-41(38)50(45)36-21-8-3-9-22-36)48-46(47-43)34-27-28-42-39(30-34)37-23-10-12-25-40(37)49(42)35-19-6-2-7-20-35/h1-30H. The van der Waals surface area contributed by atoms with E-state index in [1.165, 1.54) is 21.9 Å². The Labute approximate surface area is 289 Å². The first-order valence-electron chi connectivity index (χ1n) is 16.9. The fourth-order valence-corrected chi connectivity index (χ4v) is 7.46. The molecule has 0 saturated carbocycles. The van der Waals surface area contributed by atoms with Crippen LogP contribution in [0.4, 0.5) is 0 Å². The monoisotopic (exact) mass is 638 g/mol. The zero-order valence-electron chi connectivity index (χ0n) is 27.1. The molecule has 0 aliphatic rings. The fraction of sp³-hybridized carbons (Fsp3) is 0. The van der Waals surface area contributed by atoms with Crippen LogP contribution in [-0.4, -0.2) is 19.1 Å². The van der Waals surface area contributed by atoms with Gasteiger partial charge in [-0.15, -0.1) is 0 Å². The Hall–Kier alpha value is -6.78. The van der Waals surface area contributed by atoms with Crippen LogP contribution in [0.25, 0.3) is 88.9 Å². The van der Waals surface area contributed by atoms with Crippen LogP contribution >= 0.6 is 0 Å². The second-order valence-corrected chi connectivity index (χ2v) is 12.6. The molecule has 10 aromatic rings. The number of aromatic nitrogens is 4. The summed E-state index contributed by atoms with van der Waals surface area (Å²) in [5, 5.41) is 3.47. The molecule has 0 unspecified atom stereocenters. The number of benzene rings is 7. The van der Waals surface area contributed by atoms with Gasteiger partial charge in [0.25, 0.3) is 0 Å². The quantitative estimate of drug-likeness (QED) is 0.188. The largest absolute Gasteiger partial charge is 0.309 e. The molecule has 0 amide bonds. The minimum atomic E-state index is 0.701. The van der Waals surface area contributed by atoms with E-state index < -0.39 is 0 Å². The van der Waals surface area contributed by atoms with Crippen LogP contribution in [0.1, 0.15) is 0 Å². The highest BCUT2D eigenvalue weighted by molar-refractivity contribution is 6.13. The Balaban J connectivity index is 1.27. The second-order valence-electron chi connectivity index (χ2n) is 12.6. The van der Waals surface area contributed by atoms with Crippen LogP contribution in [0.15, 0.2) is 182 Å². The van der Waals surface area contributed by atoms with Crippen LogP contribution in [0, 0.1) is 0 Å². The van der Waals surface area contributed by atoms with Gasteiger partial charge in [-0.3, -0.25) is 0 Å². The Morgan fingerprint density at radius 3 is 1.64 bits per heavy atom. The van der Waals surface area contributed by atoms with Gasteiger partial charge in [-0.25, -0.2) is 9.97 Å². The summed E-state index contributed by atoms with van der Waals surface area (Å²) in [6.07, 6.45) is 0. The number of fused-ring (bicyclic) bond motifs is 6. The first-order valence-corrected chi connectivity index (χ1v) is 16.9. The number of hydrogen-bond acceptors (Lipinski definition) is 2. The number of hydrogen-bond donors (Lipinski definition) is 0. The fourth-order valence-electron chi connectivity index (χ4n) is 7.46. The first-order chi connectivity index (χ1) is 24.8. The van der Waals surface area contributed by atoms with Crippen molar-refractivity contribution in [2.45, 2.75) is 0 Å².